The van der Waals surface area contributed by atoms with E-state index in [9.17, 15) is 4.79 Å². The summed E-state index contributed by atoms with van der Waals surface area (Å²) in [7, 11) is 0. The summed E-state index contributed by atoms with van der Waals surface area (Å²) >= 11 is 0. The quantitative estimate of drug-likeness (QED) is 0.370. The molecule has 0 aliphatic carbocycles. The second-order valence-electron chi connectivity index (χ2n) is 0.983. The maximum absolute atomic E-state index is 9.89. The van der Waals surface area contributed by atoms with E-state index in [1.807, 2.05) is 0 Å². The molecule has 0 rings (SSSR count). The van der Waals surface area contributed by atoms with Crippen molar-refractivity contribution >= 4 is 5.91 Å². The lowest BCUT2D eigenvalue weighted by Gasteiger charge is -1.86. The second-order valence-corrected chi connectivity index (χ2v) is 0.983. The molecule has 0 aliphatic rings. The van der Waals surface area contributed by atoms with Gasteiger partial charge in [-0.15, -0.1) is 0 Å². The first-order chi connectivity index (χ1) is 2.77. The zero-order chi connectivity index (χ0) is 4.99. The summed E-state index contributed by atoms with van der Waals surface area (Å²) in [5, 5.41) is 2.46. The van der Waals surface area contributed by atoms with Crippen LogP contribution in [0.1, 0.15) is 6.92 Å². The number of amides is 1. The summed E-state index contributed by atoms with van der Waals surface area (Å²) in [5.41, 5.74) is 3.39. The summed E-state index contributed by atoms with van der Waals surface area (Å²) in [6, 6.07) is 0. The van der Waals surface area contributed by atoms with Crippen molar-refractivity contribution in [1.82, 2.24) is 5.32 Å². The van der Waals surface area contributed by atoms with Crippen molar-refractivity contribution in [3.63, 3.8) is 0 Å². The minimum Gasteiger partial charge on any atom is -0.341 e. The van der Waals surface area contributed by atoms with Crippen LogP contribution in [0.3, 0.4) is 0 Å². The molecule has 0 aromatic heterocycles. The zero-order valence-electron chi connectivity index (χ0n) is 3.82. The Morgan fingerprint density at radius 3 is 2.50 bits per heavy atom. The maximum Gasteiger partial charge on any atom is 0.221 e. The van der Waals surface area contributed by atoms with Gasteiger partial charge in [-0.3, -0.25) is 4.79 Å². The van der Waals surface area contributed by atoms with Crippen LogP contribution >= 0.6 is 0 Å². The first-order valence-corrected chi connectivity index (χ1v) is 1.81. The highest BCUT2D eigenvalue weighted by Gasteiger charge is 1.81. The van der Waals surface area contributed by atoms with E-state index in [0.29, 0.717) is 6.67 Å². The van der Waals surface area contributed by atoms with E-state index in [2.05, 4.69) is 11.1 Å². The van der Waals surface area contributed by atoms with Crippen molar-refractivity contribution in [3.05, 3.63) is 0 Å². The van der Waals surface area contributed by atoms with Crippen LogP contribution in [0.4, 0.5) is 0 Å². The van der Waals surface area contributed by atoms with E-state index in [4.69, 9.17) is 0 Å². The van der Waals surface area contributed by atoms with E-state index in [1.54, 1.807) is 0 Å². The highest BCUT2D eigenvalue weighted by Crippen LogP contribution is 1.47. The highest BCUT2D eigenvalue weighted by atomic mass is 16.1. The Bertz CT molecular complexity index is 52.8. The fraction of sp³-hybridized carbons (Fsp3) is 0.667. The standard InChI is InChI=1S/C3H8N2O/c1-3(6)5-2-4/h2,4H2,1H3,(H,5,6)/p+1. The van der Waals surface area contributed by atoms with Crippen LogP contribution in [-0.2, 0) is 4.79 Å². The molecule has 0 fully saturated rings. The Morgan fingerprint density at radius 1 is 2.00 bits per heavy atom. The highest BCUT2D eigenvalue weighted by molar-refractivity contribution is 5.72. The third kappa shape index (κ3) is 3.43. The van der Waals surface area contributed by atoms with Crippen LogP contribution in [-0.4, -0.2) is 12.6 Å². The first-order valence-electron chi connectivity index (χ1n) is 1.81. The Hall–Kier alpha value is -0.570. The number of hydrogen-bond donors (Lipinski definition) is 2. The van der Waals surface area contributed by atoms with Gasteiger partial charge >= 0.3 is 0 Å². The van der Waals surface area contributed by atoms with Gasteiger partial charge in [0.05, 0.1) is 0 Å². The Labute approximate surface area is 36.5 Å². The van der Waals surface area contributed by atoms with Crippen LogP contribution < -0.4 is 11.1 Å². The molecule has 0 unspecified atom stereocenters. The predicted octanol–water partition coefficient (Wildman–Crippen LogP) is -1.68. The lowest BCUT2D eigenvalue weighted by Crippen LogP contribution is -2.58. The van der Waals surface area contributed by atoms with Gasteiger partial charge in [-0.2, -0.15) is 0 Å². The molecule has 0 aliphatic heterocycles. The van der Waals surface area contributed by atoms with Crippen LogP contribution in [0.25, 0.3) is 0 Å². The molecule has 0 saturated heterocycles. The molecule has 0 atom stereocenters. The molecule has 0 heterocycles. The molecule has 0 saturated carbocycles. The van der Waals surface area contributed by atoms with E-state index in [-0.39, 0.29) is 5.91 Å². The number of hydrogen-bond acceptors (Lipinski definition) is 1. The number of nitrogens with one attached hydrogen (secondary N) is 1. The van der Waals surface area contributed by atoms with Gasteiger partial charge in [-0.1, -0.05) is 0 Å². The minimum absolute atomic E-state index is 0.0231. The second kappa shape index (κ2) is 2.66. The summed E-state index contributed by atoms with van der Waals surface area (Å²) in [6.07, 6.45) is 0. The van der Waals surface area contributed by atoms with Crippen molar-refractivity contribution in [2.75, 3.05) is 6.67 Å². The van der Waals surface area contributed by atoms with Gasteiger partial charge in [0.1, 0.15) is 6.67 Å². The first kappa shape index (κ1) is 5.43. The van der Waals surface area contributed by atoms with E-state index in [0.717, 1.165) is 0 Å². The summed E-state index contributed by atoms with van der Waals surface area (Å²) in [5.74, 6) is -0.0231. The Balaban J connectivity index is 2.83. The zero-order valence-corrected chi connectivity index (χ0v) is 3.82. The molecular weight excluding hydrogens is 80.0 g/mol. The van der Waals surface area contributed by atoms with Gasteiger partial charge in [0, 0.05) is 6.92 Å². The van der Waals surface area contributed by atoms with Gasteiger partial charge < -0.3 is 11.1 Å². The molecule has 0 aromatic carbocycles. The predicted molar refractivity (Wildman–Crippen MR) is 21.6 cm³/mol. The molecule has 4 N–H and O–H groups in total. The van der Waals surface area contributed by atoms with Crippen LogP contribution in [0.15, 0.2) is 0 Å². The van der Waals surface area contributed by atoms with E-state index < -0.39 is 0 Å². The van der Waals surface area contributed by atoms with Crippen molar-refractivity contribution < 1.29 is 10.5 Å². The minimum atomic E-state index is -0.0231. The van der Waals surface area contributed by atoms with Gasteiger partial charge in [0.15, 0.2) is 0 Å². The molecule has 0 radical (unpaired) electrons. The molecule has 0 bridgehead atoms. The summed E-state index contributed by atoms with van der Waals surface area (Å²) in [4.78, 5) is 9.89. The monoisotopic (exact) mass is 89.1 g/mol. The van der Waals surface area contributed by atoms with Crippen molar-refractivity contribution in [2.24, 2.45) is 0 Å². The van der Waals surface area contributed by atoms with Crippen LogP contribution in [0.2, 0.25) is 0 Å². The molecule has 0 spiro atoms. The van der Waals surface area contributed by atoms with Gasteiger partial charge in [-0.05, 0) is 0 Å². The Kier molecular flexibility index (Phi) is 2.40. The third-order valence-corrected chi connectivity index (χ3v) is 0.374. The lowest BCUT2D eigenvalue weighted by molar-refractivity contribution is -0.372. The van der Waals surface area contributed by atoms with Crippen molar-refractivity contribution in [3.8, 4) is 0 Å². The van der Waals surface area contributed by atoms with Crippen LogP contribution in [0, 0.1) is 0 Å². The molecule has 1 amide bonds. The molecule has 36 valence electrons. The average Bonchev–Trinajstić information content (AvgIpc) is 1.35. The van der Waals surface area contributed by atoms with Crippen LogP contribution in [0.5, 0.6) is 0 Å². The average molecular weight is 89.1 g/mol. The number of carbonyl (C=O) groups excluding carboxylic acids is 1. The summed E-state index contributed by atoms with van der Waals surface area (Å²) in [6.45, 7) is 1.94. The van der Waals surface area contributed by atoms with Gasteiger partial charge in [0.25, 0.3) is 0 Å². The number of carbonyl (C=O) groups is 1. The molecular formula is C3H9N2O+. The Morgan fingerprint density at radius 2 is 2.50 bits per heavy atom. The smallest absolute Gasteiger partial charge is 0.221 e. The van der Waals surface area contributed by atoms with E-state index >= 15 is 0 Å². The molecule has 3 heteroatoms. The summed E-state index contributed by atoms with van der Waals surface area (Å²) < 4.78 is 0. The molecule has 6 heavy (non-hydrogen) atoms. The topological polar surface area (TPSA) is 56.7 Å². The van der Waals surface area contributed by atoms with Crippen molar-refractivity contribution in [1.29, 1.82) is 0 Å². The molecule has 0 aromatic rings. The normalized spacial score (nSPS) is 7.67. The fourth-order valence-corrected chi connectivity index (χ4v) is 0.176. The van der Waals surface area contributed by atoms with Crippen molar-refractivity contribution in [2.45, 2.75) is 6.92 Å². The van der Waals surface area contributed by atoms with Gasteiger partial charge in [-0.25, -0.2) is 0 Å². The molecule has 3 nitrogen and oxygen atoms in total. The maximum atomic E-state index is 9.89. The van der Waals surface area contributed by atoms with Gasteiger partial charge in [0.2, 0.25) is 5.91 Å². The largest absolute Gasteiger partial charge is 0.341 e. The SMILES string of the molecule is CC(=O)NC[NH3+]. The third-order valence-electron chi connectivity index (χ3n) is 0.374. The van der Waals surface area contributed by atoms with E-state index in [1.165, 1.54) is 6.92 Å². The number of quaternary nitrogens is 1. The lowest BCUT2D eigenvalue weighted by atomic mass is 10.7. The fourth-order valence-electron chi connectivity index (χ4n) is 0.176. The number of rotatable bonds is 1.